The third-order valence-corrected chi connectivity index (χ3v) is 8.88. The first-order chi connectivity index (χ1) is 11.3. The van der Waals surface area contributed by atoms with Gasteiger partial charge in [-0.15, -0.1) is 12.6 Å². The monoisotopic (exact) mass is 350 g/mol. The lowest BCUT2D eigenvalue weighted by molar-refractivity contribution is -0.145. The van der Waals surface area contributed by atoms with E-state index >= 15 is 0 Å². The summed E-state index contributed by atoms with van der Waals surface area (Å²) in [5.74, 6) is 3.71. The third-order valence-electron chi connectivity index (χ3n) is 8.76. The molecular formula is C21H34O2S. The van der Waals surface area contributed by atoms with Gasteiger partial charge < -0.3 is 4.74 Å². The first kappa shape index (κ1) is 17.4. The second kappa shape index (κ2) is 6.01. The lowest BCUT2D eigenvalue weighted by Gasteiger charge is -2.60. The summed E-state index contributed by atoms with van der Waals surface area (Å²) >= 11 is 4.49. The number of carbonyl (C=O) groups excluding carboxylic acids is 1. The van der Waals surface area contributed by atoms with Gasteiger partial charge in [-0.3, -0.25) is 4.79 Å². The molecule has 4 saturated carbocycles. The minimum atomic E-state index is 0.0425. The van der Waals surface area contributed by atoms with Gasteiger partial charge in [0.2, 0.25) is 0 Å². The Morgan fingerprint density at radius 1 is 1.04 bits per heavy atom. The van der Waals surface area contributed by atoms with Crippen molar-refractivity contribution < 1.29 is 9.53 Å². The molecule has 0 saturated heterocycles. The van der Waals surface area contributed by atoms with Crippen LogP contribution in [0.25, 0.3) is 0 Å². The van der Waals surface area contributed by atoms with Crippen molar-refractivity contribution in [2.24, 2.45) is 34.5 Å². The van der Waals surface area contributed by atoms with Gasteiger partial charge in [-0.05, 0) is 86.4 Å². The van der Waals surface area contributed by atoms with Gasteiger partial charge in [0.15, 0.2) is 0 Å². The van der Waals surface area contributed by atoms with Crippen LogP contribution in [0.2, 0.25) is 0 Å². The van der Waals surface area contributed by atoms with Gasteiger partial charge in [0.25, 0.3) is 0 Å². The molecule has 4 fully saturated rings. The van der Waals surface area contributed by atoms with Crippen LogP contribution in [0.4, 0.5) is 0 Å². The summed E-state index contributed by atoms with van der Waals surface area (Å²) in [4.78, 5) is 12.0. The van der Waals surface area contributed by atoms with E-state index in [1.807, 2.05) is 0 Å². The van der Waals surface area contributed by atoms with Gasteiger partial charge in [-0.2, -0.15) is 0 Å². The summed E-state index contributed by atoms with van der Waals surface area (Å²) < 4.78 is 6.23. The van der Waals surface area contributed by atoms with Crippen molar-refractivity contribution in [3.8, 4) is 0 Å². The second-order valence-corrected chi connectivity index (χ2v) is 10.5. The summed E-state index contributed by atoms with van der Waals surface area (Å²) in [6.07, 6.45) is 11.1. The van der Waals surface area contributed by atoms with Crippen molar-refractivity contribution in [3.63, 3.8) is 0 Å². The largest absolute Gasteiger partial charge is 0.364 e. The Labute approximate surface area is 152 Å². The highest BCUT2D eigenvalue weighted by Gasteiger charge is 2.60. The van der Waals surface area contributed by atoms with Crippen LogP contribution < -0.4 is 0 Å². The molecule has 8 atom stereocenters. The predicted octanol–water partition coefficient (Wildman–Crippen LogP) is 5.26. The summed E-state index contributed by atoms with van der Waals surface area (Å²) in [6.45, 7) is 7.08. The fraction of sp³-hybridized carbons (Fsp3) is 0.952. The molecule has 0 spiro atoms. The van der Waals surface area contributed by atoms with Crippen LogP contribution in [0, 0.1) is 34.5 Å². The van der Waals surface area contributed by atoms with Crippen LogP contribution in [-0.2, 0) is 9.53 Å². The number of hydrogen-bond acceptors (Lipinski definition) is 3. The van der Waals surface area contributed by atoms with Gasteiger partial charge in [0.05, 0.1) is 11.5 Å². The molecule has 0 amide bonds. The molecule has 2 nitrogen and oxygen atoms in total. The number of carbonyl (C=O) groups is 1. The van der Waals surface area contributed by atoms with Crippen molar-refractivity contribution in [1.29, 1.82) is 0 Å². The maximum absolute atomic E-state index is 12.0. The minimum Gasteiger partial charge on any atom is -0.364 e. The number of ether oxygens (including phenoxy) is 1. The fourth-order valence-electron chi connectivity index (χ4n) is 7.46. The van der Waals surface area contributed by atoms with Crippen LogP contribution in [-0.4, -0.2) is 17.3 Å². The van der Waals surface area contributed by atoms with Gasteiger partial charge in [-0.25, -0.2) is 0 Å². The summed E-state index contributed by atoms with van der Waals surface area (Å²) in [7, 11) is 0. The third kappa shape index (κ3) is 2.52. The first-order valence-electron chi connectivity index (χ1n) is 10.2. The molecular weight excluding hydrogens is 316 g/mol. The molecule has 0 N–H and O–H groups in total. The van der Waals surface area contributed by atoms with Crippen molar-refractivity contribution in [2.75, 3.05) is 0 Å². The van der Waals surface area contributed by atoms with E-state index in [0.717, 1.165) is 37.0 Å². The molecule has 1 unspecified atom stereocenters. The maximum Gasteiger partial charge on any atom is 0.133 e. The van der Waals surface area contributed by atoms with Gasteiger partial charge in [0.1, 0.15) is 5.78 Å². The number of hydrogen-bond donors (Lipinski definition) is 1. The highest BCUT2D eigenvalue weighted by molar-refractivity contribution is 7.80. The number of thiol groups is 1. The van der Waals surface area contributed by atoms with Crippen molar-refractivity contribution in [1.82, 2.24) is 0 Å². The number of ketones is 1. The van der Waals surface area contributed by atoms with Crippen LogP contribution in [0.5, 0.6) is 0 Å². The lowest BCUT2D eigenvalue weighted by Crippen LogP contribution is -2.54. The molecule has 3 heteroatoms. The van der Waals surface area contributed by atoms with E-state index in [2.05, 4.69) is 33.4 Å². The van der Waals surface area contributed by atoms with Crippen molar-refractivity contribution in [3.05, 3.63) is 0 Å². The van der Waals surface area contributed by atoms with E-state index in [0.29, 0.717) is 28.6 Å². The zero-order valence-electron chi connectivity index (χ0n) is 15.6. The second-order valence-electron chi connectivity index (χ2n) is 9.75. The highest BCUT2D eigenvalue weighted by Crippen LogP contribution is 2.66. The summed E-state index contributed by atoms with van der Waals surface area (Å²) in [6, 6.07) is 0. The quantitative estimate of drug-likeness (QED) is 0.543. The Bertz CT molecular complexity index is 518. The molecule has 24 heavy (non-hydrogen) atoms. The van der Waals surface area contributed by atoms with Gasteiger partial charge in [-0.1, -0.05) is 13.8 Å². The first-order valence-corrected chi connectivity index (χ1v) is 10.7. The minimum absolute atomic E-state index is 0.0425. The Morgan fingerprint density at radius 3 is 2.54 bits per heavy atom. The van der Waals surface area contributed by atoms with Crippen molar-refractivity contribution >= 4 is 18.4 Å². The molecule has 4 rings (SSSR count). The van der Waals surface area contributed by atoms with E-state index in [1.54, 1.807) is 0 Å². The van der Waals surface area contributed by atoms with Gasteiger partial charge in [0, 0.05) is 12.8 Å². The van der Waals surface area contributed by atoms with Gasteiger partial charge >= 0.3 is 0 Å². The zero-order valence-corrected chi connectivity index (χ0v) is 16.5. The average molecular weight is 351 g/mol. The molecule has 4 aliphatic rings. The summed E-state index contributed by atoms with van der Waals surface area (Å²) in [5.41, 5.74) is 0.820. The standard InChI is InChI=1S/C21H34O2S/c1-13(24)23-19-7-6-17-16-5-4-14-12-15(22)8-10-20(14,2)18(16)9-11-21(17,19)3/h13-14,16-19,24H,4-12H2,1-3H3/t13?,14-,16-,17-,18-,19-,20-,21-/m0/s1. The molecule has 0 heterocycles. The van der Waals surface area contributed by atoms with E-state index in [4.69, 9.17) is 4.74 Å². The Morgan fingerprint density at radius 2 is 1.79 bits per heavy atom. The van der Waals surface area contributed by atoms with E-state index < -0.39 is 0 Å². The highest BCUT2D eigenvalue weighted by atomic mass is 32.1. The topological polar surface area (TPSA) is 26.3 Å². The molecule has 0 aromatic rings. The Hall–Kier alpha value is -0.0200. The lowest BCUT2D eigenvalue weighted by atomic mass is 9.45. The molecule has 0 radical (unpaired) electrons. The number of rotatable bonds is 2. The molecule has 4 aliphatic carbocycles. The molecule has 0 aromatic carbocycles. The van der Waals surface area contributed by atoms with E-state index in [1.165, 1.54) is 38.5 Å². The fourth-order valence-corrected chi connectivity index (χ4v) is 7.61. The molecule has 0 bridgehead atoms. The molecule has 0 aliphatic heterocycles. The SMILES string of the molecule is CC(S)O[C@H]1CC[C@H]2[C@@H]3CC[C@H]4CC(=O)CC[C@]4(C)[C@H]3CC[C@]12C. The van der Waals surface area contributed by atoms with Crippen LogP contribution >= 0.6 is 12.6 Å². The number of fused-ring (bicyclic) bond motifs is 5. The van der Waals surface area contributed by atoms with Crippen LogP contribution in [0.1, 0.15) is 78.6 Å². The number of Topliss-reactive ketones (excluding diaryl/α,β-unsaturated/α-hetero) is 1. The Balaban J connectivity index is 1.57. The normalized spacial score (nSPS) is 52.3. The molecule has 0 aromatic heterocycles. The zero-order chi connectivity index (χ0) is 17.1. The Kier molecular flexibility index (Phi) is 4.36. The van der Waals surface area contributed by atoms with E-state index in [9.17, 15) is 4.79 Å². The maximum atomic E-state index is 12.0. The van der Waals surface area contributed by atoms with Crippen molar-refractivity contribution in [2.45, 2.75) is 90.1 Å². The van der Waals surface area contributed by atoms with Crippen LogP contribution in [0.3, 0.4) is 0 Å². The van der Waals surface area contributed by atoms with Crippen LogP contribution in [0.15, 0.2) is 0 Å². The summed E-state index contributed by atoms with van der Waals surface area (Å²) in [5, 5.41) is 0. The molecule has 136 valence electrons. The average Bonchev–Trinajstić information content (AvgIpc) is 2.84. The van der Waals surface area contributed by atoms with E-state index in [-0.39, 0.29) is 5.44 Å². The smallest absolute Gasteiger partial charge is 0.133 e. The predicted molar refractivity (Wildman–Crippen MR) is 100 cm³/mol.